The highest BCUT2D eigenvalue weighted by atomic mass is 16.5. The Morgan fingerprint density at radius 3 is 2.55 bits per heavy atom. The highest BCUT2D eigenvalue weighted by Crippen LogP contribution is 2.11. The molecule has 0 saturated heterocycles. The zero-order chi connectivity index (χ0) is 15.1. The first-order chi connectivity index (χ1) is 9.43. The van der Waals surface area contributed by atoms with Gasteiger partial charge in [0.2, 0.25) is 5.91 Å². The van der Waals surface area contributed by atoms with Gasteiger partial charge in [0, 0.05) is 20.7 Å². The van der Waals surface area contributed by atoms with Crippen molar-refractivity contribution in [3.63, 3.8) is 0 Å². The van der Waals surface area contributed by atoms with E-state index in [0.717, 1.165) is 5.56 Å². The van der Waals surface area contributed by atoms with Gasteiger partial charge in [0.05, 0.1) is 18.8 Å². The molecule has 0 saturated carbocycles. The molecular formula is C14H22N2O4. The lowest BCUT2D eigenvalue weighted by molar-refractivity contribution is -0.132. The predicted octanol–water partition coefficient (Wildman–Crippen LogP) is -0.272. The molecule has 2 atom stereocenters. The molecule has 0 aliphatic heterocycles. The van der Waals surface area contributed by atoms with Crippen LogP contribution in [-0.2, 0) is 16.0 Å². The van der Waals surface area contributed by atoms with E-state index in [2.05, 4.69) is 0 Å². The number of hydrogen-bond donors (Lipinski definition) is 3. The number of ether oxygens (including phenoxy) is 1. The monoisotopic (exact) mass is 282 g/mol. The number of rotatable bonds is 7. The molecule has 1 rings (SSSR count). The summed E-state index contributed by atoms with van der Waals surface area (Å²) in [7, 11) is 3.08. The van der Waals surface area contributed by atoms with Crippen LogP contribution < -0.4 is 5.73 Å². The number of benzene rings is 1. The molecule has 112 valence electrons. The number of carbonyl (C=O) groups excluding carboxylic acids is 1. The average Bonchev–Trinajstić information content (AvgIpc) is 2.40. The lowest BCUT2D eigenvalue weighted by Crippen LogP contribution is -2.46. The topological polar surface area (TPSA) is 96.0 Å². The van der Waals surface area contributed by atoms with Gasteiger partial charge < -0.3 is 25.6 Å². The number of carbonyl (C=O) groups is 1. The Morgan fingerprint density at radius 2 is 2.00 bits per heavy atom. The van der Waals surface area contributed by atoms with Gasteiger partial charge in [0.25, 0.3) is 0 Å². The van der Waals surface area contributed by atoms with Crippen molar-refractivity contribution in [2.45, 2.75) is 18.6 Å². The largest absolute Gasteiger partial charge is 0.508 e. The number of aromatic hydroxyl groups is 1. The molecule has 0 heterocycles. The minimum Gasteiger partial charge on any atom is -0.508 e. The fourth-order valence-electron chi connectivity index (χ4n) is 1.91. The van der Waals surface area contributed by atoms with Gasteiger partial charge in [-0.05, 0) is 24.1 Å². The predicted molar refractivity (Wildman–Crippen MR) is 75.3 cm³/mol. The molecule has 6 heteroatoms. The van der Waals surface area contributed by atoms with Crippen molar-refractivity contribution < 1.29 is 19.7 Å². The van der Waals surface area contributed by atoms with Crippen LogP contribution in [0.1, 0.15) is 5.56 Å². The molecule has 0 aliphatic carbocycles. The summed E-state index contributed by atoms with van der Waals surface area (Å²) in [5.41, 5.74) is 6.74. The number of nitrogens with zero attached hydrogens (tertiary/aromatic N) is 1. The van der Waals surface area contributed by atoms with E-state index < -0.39 is 12.1 Å². The molecule has 20 heavy (non-hydrogen) atoms. The average molecular weight is 282 g/mol. The SMILES string of the molecule is COCC(O)CN(C)C(=O)[C@@H](N)Cc1ccc(O)cc1. The Balaban J connectivity index is 2.51. The fourth-order valence-corrected chi connectivity index (χ4v) is 1.91. The smallest absolute Gasteiger partial charge is 0.239 e. The minimum atomic E-state index is -0.727. The molecule has 0 bridgehead atoms. The summed E-state index contributed by atoms with van der Waals surface area (Å²) in [6.07, 6.45) is -0.348. The van der Waals surface area contributed by atoms with Crippen LogP contribution in [0.2, 0.25) is 0 Å². The Bertz CT molecular complexity index is 422. The number of aliphatic hydroxyl groups excluding tert-OH is 1. The number of aliphatic hydroxyl groups is 1. The van der Waals surface area contributed by atoms with E-state index in [4.69, 9.17) is 10.5 Å². The van der Waals surface area contributed by atoms with Crippen LogP contribution in [0.4, 0.5) is 0 Å². The standard InChI is InChI=1S/C14H22N2O4/c1-16(8-12(18)9-20-2)14(19)13(15)7-10-3-5-11(17)6-4-10/h3-6,12-13,17-18H,7-9,15H2,1-2H3/t12?,13-/m0/s1. The van der Waals surface area contributed by atoms with E-state index in [0.29, 0.717) is 6.42 Å². The lowest BCUT2D eigenvalue weighted by Gasteiger charge is -2.23. The van der Waals surface area contributed by atoms with Crippen LogP contribution in [-0.4, -0.2) is 60.5 Å². The van der Waals surface area contributed by atoms with E-state index >= 15 is 0 Å². The Morgan fingerprint density at radius 1 is 1.40 bits per heavy atom. The summed E-state index contributed by atoms with van der Waals surface area (Å²) in [5, 5.41) is 18.8. The maximum Gasteiger partial charge on any atom is 0.239 e. The second-order valence-corrected chi connectivity index (χ2v) is 4.80. The third-order valence-electron chi connectivity index (χ3n) is 2.93. The summed E-state index contributed by atoms with van der Waals surface area (Å²) in [6.45, 7) is 0.348. The van der Waals surface area contributed by atoms with Crippen molar-refractivity contribution in [2.75, 3.05) is 27.3 Å². The molecule has 0 spiro atoms. The number of methoxy groups -OCH3 is 1. The molecule has 0 radical (unpaired) electrons. The molecule has 1 unspecified atom stereocenters. The third kappa shape index (κ3) is 5.16. The van der Waals surface area contributed by atoms with Gasteiger partial charge >= 0.3 is 0 Å². The van der Waals surface area contributed by atoms with Gasteiger partial charge in [-0.3, -0.25) is 4.79 Å². The van der Waals surface area contributed by atoms with E-state index in [1.165, 1.54) is 12.0 Å². The molecule has 1 aromatic rings. The Labute approximate surface area is 118 Å². The summed E-state index contributed by atoms with van der Waals surface area (Å²) < 4.78 is 4.81. The Hall–Kier alpha value is -1.63. The maximum absolute atomic E-state index is 12.1. The van der Waals surface area contributed by atoms with Crippen molar-refractivity contribution in [2.24, 2.45) is 5.73 Å². The van der Waals surface area contributed by atoms with Crippen LogP contribution in [0.5, 0.6) is 5.75 Å². The highest BCUT2D eigenvalue weighted by Gasteiger charge is 2.20. The summed E-state index contributed by atoms with van der Waals surface area (Å²) >= 11 is 0. The van der Waals surface area contributed by atoms with Crippen LogP contribution in [0, 0.1) is 0 Å². The summed E-state index contributed by atoms with van der Waals surface area (Å²) in [4.78, 5) is 13.5. The fraction of sp³-hybridized carbons (Fsp3) is 0.500. The third-order valence-corrected chi connectivity index (χ3v) is 2.93. The van der Waals surface area contributed by atoms with Crippen molar-refractivity contribution in [1.29, 1.82) is 0 Å². The van der Waals surface area contributed by atoms with Crippen LogP contribution in [0.3, 0.4) is 0 Å². The van der Waals surface area contributed by atoms with Gasteiger partial charge in [0.15, 0.2) is 0 Å². The summed E-state index contributed by atoms with van der Waals surface area (Å²) in [6, 6.07) is 5.88. The molecule has 4 N–H and O–H groups in total. The molecule has 0 aromatic heterocycles. The maximum atomic E-state index is 12.1. The number of hydrogen-bond acceptors (Lipinski definition) is 5. The number of phenolic OH excluding ortho intramolecular Hbond substituents is 1. The molecule has 0 aliphatic rings. The number of phenols is 1. The normalized spacial score (nSPS) is 13.8. The first-order valence-corrected chi connectivity index (χ1v) is 6.39. The number of nitrogens with two attached hydrogens (primary N) is 1. The molecule has 1 amide bonds. The van der Waals surface area contributed by atoms with Crippen molar-refractivity contribution in [3.8, 4) is 5.75 Å². The first kappa shape index (κ1) is 16.4. The van der Waals surface area contributed by atoms with Crippen LogP contribution in [0.25, 0.3) is 0 Å². The second kappa shape index (κ2) is 7.84. The number of amides is 1. The lowest BCUT2D eigenvalue weighted by atomic mass is 10.1. The van der Waals surface area contributed by atoms with Crippen LogP contribution in [0.15, 0.2) is 24.3 Å². The zero-order valence-corrected chi connectivity index (χ0v) is 11.8. The van der Waals surface area contributed by atoms with Gasteiger partial charge in [-0.25, -0.2) is 0 Å². The molecule has 1 aromatic carbocycles. The van der Waals surface area contributed by atoms with Gasteiger partial charge in [-0.15, -0.1) is 0 Å². The zero-order valence-electron chi connectivity index (χ0n) is 11.8. The number of likely N-dealkylation sites (N-methyl/N-ethyl adjacent to an activating group) is 1. The van der Waals surface area contributed by atoms with Crippen molar-refractivity contribution in [3.05, 3.63) is 29.8 Å². The van der Waals surface area contributed by atoms with Crippen LogP contribution >= 0.6 is 0 Å². The quantitative estimate of drug-likeness (QED) is 0.639. The molecule has 6 nitrogen and oxygen atoms in total. The first-order valence-electron chi connectivity index (χ1n) is 6.39. The summed E-state index contributed by atoms with van der Waals surface area (Å²) in [5.74, 6) is -0.0679. The Kier molecular flexibility index (Phi) is 6.44. The molecule has 0 fully saturated rings. The second-order valence-electron chi connectivity index (χ2n) is 4.80. The van der Waals surface area contributed by atoms with E-state index in [1.54, 1.807) is 31.3 Å². The van der Waals surface area contributed by atoms with Gasteiger partial charge in [-0.2, -0.15) is 0 Å². The van der Waals surface area contributed by atoms with Gasteiger partial charge in [-0.1, -0.05) is 12.1 Å². The van der Waals surface area contributed by atoms with Crippen molar-refractivity contribution >= 4 is 5.91 Å². The minimum absolute atomic E-state index is 0.171. The highest BCUT2D eigenvalue weighted by molar-refractivity contribution is 5.81. The van der Waals surface area contributed by atoms with Crippen molar-refractivity contribution in [1.82, 2.24) is 4.90 Å². The molecular weight excluding hydrogens is 260 g/mol. The van der Waals surface area contributed by atoms with E-state index in [-0.39, 0.29) is 24.8 Å². The van der Waals surface area contributed by atoms with Gasteiger partial charge in [0.1, 0.15) is 5.75 Å². The van der Waals surface area contributed by atoms with E-state index in [1.807, 2.05) is 0 Å². The van der Waals surface area contributed by atoms with E-state index in [9.17, 15) is 15.0 Å².